The van der Waals surface area contributed by atoms with E-state index in [0.29, 0.717) is 0 Å². The second kappa shape index (κ2) is 6.16. The molecule has 0 atom stereocenters. The number of carbonyl (C=O) groups excluding carboxylic acids is 3. The summed E-state index contributed by atoms with van der Waals surface area (Å²) < 4.78 is 0. The van der Waals surface area contributed by atoms with E-state index in [0.717, 1.165) is 0 Å². The van der Waals surface area contributed by atoms with Crippen molar-refractivity contribution in [2.75, 3.05) is 13.6 Å². The first-order valence-electron chi connectivity index (χ1n) is 4.03. The second-order valence-electron chi connectivity index (χ2n) is 2.65. The lowest BCUT2D eigenvalue weighted by atomic mass is 10.3. The Kier molecular flexibility index (Phi) is 5.50. The van der Waals surface area contributed by atoms with Gasteiger partial charge in [0.1, 0.15) is 5.78 Å². The Morgan fingerprint density at radius 3 is 2.08 bits per heavy atom. The Morgan fingerprint density at radius 2 is 1.62 bits per heavy atom. The van der Waals surface area contributed by atoms with E-state index >= 15 is 0 Å². The van der Waals surface area contributed by atoms with E-state index in [1.54, 1.807) is 0 Å². The average molecular weight is 186 g/mol. The van der Waals surface area contributed by atoms with Crippen LogP contribution in [0, 0.1) is 0 Å². The van der Waals surface area contributed by atoms with Crippen LogP contribution in [0.4, 0.5) is 0 Å². The maximum Gasteiger partial charge on any atom is 0.220 e. The quantitative estimate of drug-likeness (QED) is 0.591. The molecule has 0 rings (SSSR count). The van der Waals surface area contributed by atoms with Crippen molar-refractivity contribution in [2.45, 2.75) is 19.8 Å². The molecule has 74 valence electrons. The minimum Gasteiger partial charge on any atom is -0.359 e. The molecule has 0 heterocycles. The lowest BCUT2D eigenvalue weighted by Gasteiger charge is -2.01. The third-order valence-corrected chi connectivity index (χ3v) is 1.39. The van der Waals surface area contributed by atoms with E-state index in [-0.39, 0.29) is 37.0 Å². The summed E-state index contributed by atoms with van der Waals surface area (Å²) in [6, 6.07) is 0. The van der Waals surface area contributed by atoms with Gasteiger partial charge in [-0.3, -0.25) is 14.4 Å². The van der Waals surface area contributed by atoms with Crippen molar-refractivity contribution in [1.82, 2.24) is 10.6 Å². The van der Waals surface area contributed by atoms with Gasteiger partial charge in [0.15, 0.2) is 0 Å². The molecule has 13 heavy (non-hydrogen) atoms. The van der Waals surface area contributed by atoms with Crippen LogP contribution in [-0.2, 0) is 14.4 Å². The molecular weight excluding hydrogens is 172 g/mol. The first kappa shape index (κ1) is 11.6. The molecule has 2 N–H and O–H groups in total. The fraction of sp³-hybridized carbons (Fsp3) is 0.625. The van der Waals surface area contributed by atoms with Crippen molar-refractivity contribution in [3.63, 3.8) is 0 Å². The van der Waals surface area contributed by atoms with E-state index < -0.39 is 0 Å². The van der Waals surface area contributed by atoms with Gasteiger partial charge >= 0.3 is 0 Å². The van der Waals surface area contributed by atoms with E-state index in [4.69, 9.17) is 0 Å². The van der Waals surface area contributed by atoms with Crippen LogP contribution in [0.5, 0.6) is 0 Å². The Labute approximate surface area is 76.9 Å². The average Bonchev–Trinajstić information content (AvgIpc) is 2.10. The van der Waals surface area contributed by atoms with Gasteiger partial charge in [-0.05, 0) is 6.92 Å². The molecule has 0 aromatic heterocycles. The predicted molar refractivity (Wildman–Crippen MR) is 47.0 cm³/mol. The zero-order chi connectivity index (χ0) is 10.3. The lowest BCUT2D eigenvalue weighted by Crippen LogP contribution is -2.29. The largest absolute Gasteiger partial charge is 0.359 e. The van der Waals surface area contributed by atoms with Crippen molar-refractivity contribution >= 4 is 17.6 Å². The van der Waals surface area contributed by atoms with E-state index in [1.807, 2.05) is 0 Å². The molecule has 0 unspecified atom stereocenters. The van der Waals surface area contributed by atoms with Gasteiger partial charge in [-0.25, -0.2) is 0 Å². The molecule has 0 aromatic carbocycles. The van der Waals surface area contributed by atoms with Gasteiger partial charge < -0.3 is 10.6 Å². The topological polar surface area (TPSA) is 75.3 Å². The highest BCUT2D eigenvalue weighted by Gasteiger charge is 2.05. The summed E-state index contributed by atoms with van der Waals surface area (Å²) in [7, 11) is 1.51. The van der Waals surface area contributed by atoms with Gasteiger partial charge in [0.05, 0.1) is 6.54 Å². The minimum absolute atomic E-state index is 0.0343. The second-order valence-corrected chi connectivity index (χ2v) is 2.65. The Bertz CT molecular complexity index is 213. The fourth-order valence-corrected chi connectivity index (χ4v) is 0.664. The molecule has 0 fully saturated rings. The third kappa shape index (κ3) is 6.99. The summed E-state index contributed by atoms with van der Waals surface area (Å²) >= 11 is 0. The number of ketones is 1. The minimum atomic E-state index is -0.279. The Balaban J connectivity index is 3.52. The Morgan fingerprint density at radius 1 is 1.08 bits per heavy atom. The van der Waals surface area contributed by atoms with Gasteiger partial charge in [0.2, 0.25) is 11.8 Å². The standard InChI is InChI=1S/C8H14N2O3/c1-6(11)5-10-8(13)4-3-7(12)9-2/h3-5H2,1-2H3,(H,9,12)(H,10,13). The highest BCUT2D eigenvalue weighted by atomic mass is 16.2. The van der Waals surface area contributed by atoms with Gasteiger partial charge in [0, 0.05) is 19.9 Å². The maximum atomic E-state index is 10.9. The summed E-state index contributed by atoms with van der Waals surface area (Å²) in [5.41, 5.74) is 0. The van der Waals surface area contributed by atoms with E-state index in [9.17, 15) is 14.4 Å². The summed E-state index contributed by atoms with van der Waals surface area (Å²) in [4.78, 5) is 32.1. The summed E-state index contributed by atoms with van der Waals surface area (Å²) in [5.74, 6) is -0.565. The van der Waals surface area contributed by atoms with E-state index in [1.165, 1.54) is 14.0 Å². The normalized spacial score (nSPS) is 9.08. The van der Waals surface area contributed by atoms with Gasteiger partial charge in [-0.1, -0.05) is 0 Å². The van der Waals surface area contributed by atoms with Gasteiger partial charge in [-0.15, -0.1) is 0 Å². The molecule has 0 saturated carbocycles. The molecule has 0 radical (unpaired) electrons. The molecule has 0 saturated heterocycles. The van der Waals surface area contributed by atoms with Crippen LogP contribution < -0.4 is 10.6 Å². The Hall–Kier alpha value is -1.39. The van der Waals surface area contributed by atoms with Gasteiger partial charge in [0.25, 0.3) is 0 Å². The molecule has 0 aliphatic heterocycles. The highest BCUT2D eigenvalue weighted by Crippen LogP contribution is 1.87. The maximum absolute atomic E-state index is 10.9. The predicted octanol–water partition coefficient (Wildman–Crippen LogP) is -0.782. The van der Waals surface area contributed by atoms with Crippen LogP contribution >= 0.6 is 0 Å². The van der Waals surface area contributed by atoms with Crippen LogP contribution in [0.3, 0.4) is 0 Å². The monoisotopic (exact) mass is 186 g/mol. The summed E-state index contributed by atoms with van der Waals surface area (Å²) in [6.45, 7) is 1.42. The number of amides is 2. The molecule has 5 heteroatoms. The zero-order valence-electron chi connectivity index (χ0n) is 7.85. The van der Waals surface area contributed by atoms with Crippen LogP contribution in [0.15, 0.2) is 0 Å². The van der Waals surface area contributed by atoms with Crippen LogP contribution in [0.1, 0.15) is 19.8 Å². The molecule has 0 aromatic rings. The number of carbonyl (C=O) groups is 3. The van der Waals surface area contributed by atoms with Crippen molar-refractivity contribution in [3.05, 3.63) is 0 Å². The van der Waals surface area contributed by atoms with Crippen LogP contribution in [0.25, 0.3) is 0 Å². The number of hydrogen-bond acceptors (Lipinski definition) is 3. The van der Waals surface area contributed by atoms with Crippen molar-refractivity contribution in [3.8, 4) is 0 Å². The van der Waals surface area contributed by atoms with Crippen LogP contribution in [-0.4, -0.2) is 31.2 Å². The zero-order valence-corrected chi connectivity index (χ0v) is 7.85. The molecule has 2 amide bonds. The molecule has 0 spiro atoms. The molecular formula is C8H14N2O3. The molecule has 0 aliphatic carbocycles. The summed E-state index contributed by atoms with van der Waals surface area (Å²) in [6.07, 6.45) is 0.271. The molecule has 0 aliphatic rings. The smallest absolute Gasteiger partial charge is 0.220 e. The molecule has 5 nitrogen and oxygen atoms in total. The van der Waals surface area contributed by atoms with Crippen LogP contribution in [0.2, 0.25) is 0 Å². The highest BCUT2D eigenvalue weighted by molar-refractivity contribution is 5.87. The third-order valence-electron chi connectivity index (χ3n) is 1.39. The van der Waals surface area contributed by atoms with E-state index in [2.05, 4.69) is 10.6 Å². The number of hydrogen-bond donors (Lipinski definition) is 2. The van der Waals surface area contributed by atoms with Crippen molar-refractivity contribution < 1.29 is 14.4 Å². The SMILES string of the molecule is CNC(=O)CCC(=O)NCC(C)=O. The molecule has 0 bridgehead atoms. The number of nitrogens with one attached hydrogen (secondary N) is 2. The fourth-order valence-electron chi connectivity index (χ4n) is 0.664. The summed E-state index contributed by atoms with van der Waals surface area (Å²) in [5, 5.41) is 4.79. The van der Waals surface area contributed by atoms with Crippen molar-refractivity contribution in [1.29, 1.82) is 0 Å². The number of rotatable bonds is 5. The number of Topliss-reactive ketones (excluding diaryl/α,β-unsaturated/α-hetero) is 1. The first-order valence-corrected chi connectivity index (χ1v) is 4.03. The van der Waals surface area contributed by atoms with Crippen molar-refractivity contribution in [2.24, 2.45) is 0 Å². The van der Waals surface area contributed by atoms with Gasteiger partial charge in [-0.2, -0.15) is 0 Å². The lowest BCUT2D eigenvalue weighted by molar-refractivity contribution is -0.127. The first-order chi connectivity index (χ1) is 6.06.